The summed E-state index contributed by atoms with van der Waals surface area (Å²) in [4.78, 5) is 41.7. The number of hydrogen-bond acceptors (Lipinski definition) is 3. The van der Waals surface area contributed by atoms with Crippen molar-refractivity contribution in [3.63, 3.8) is 0 Å². The van der Waals surface area contributed by atoms with Gasteiger partial charge < -0.3 is 5.32 Å². The van der Waals surface area contributed by atoms with Crippen molar-refractivity contribution in [2.24, 2.45) is 11.8 Å². The van der Waals surface area contributed by atoms with Crippen LogP contribution in [0.4, 0.5) is 5.69 Å². The van der Waals surface area contributed by atoms with Crippen molar-refractivity contribution in [3.8, 4) is 0 Å². The number of carbonyl (C=O) groups is 3. The fraction of sp³-hybridized carbons (Fsp3) is 0.156. The summed E-state index contributed by atoms with van der Waals surface area (Å²) in [6.07, 6.45) is 0. The van der Waals surface area contributed by atoms with Gasteiger partial charge in [0.1, 0.15) is 0 Å². The average Bonchev–Trinajstić information content (AvgIpc) is 3.22. The minimum atomic E-state index is -0.420. The van der Waals surface area contributed by atoms with Crippen LogP contribution >= 0.6 is 0 Å². The largest absolute Gasteiger partial charge is 0.348 e. The standard InChI is InChI=1S/C32H24N2O3/c35-30(33-18-19-8-2-1-3-9-19)20-14-16-21(17-15-20)34-31(36)28-26-22-10-4-5-11-23(22)27(29(28)32(34)37)25-13-7-6-12-24(25)26/h1-17,26-29H,18H2,(H,33,35). The van der Waals surface area contributed by atoms with E-state index in [0.717, 1.165) is 27.8 Å². The number of nitrogens with zero attached hydrogens (tertiary/aromatic N) is 1. The van der Waals surface area contributed by atoms with Gasteiger partial charge >= 0.3 is 0 Å². The molecular formula is C32H24N2O3. The second-order valence-corrected chi connectivity index (χ2v) is 9.99. The highest BCUT2D eigenvalue weighted by Gasteiger charge is 2.61. The first-order valence-corrected chi connectivity index (χ1v) is 12.6. The van der Waals surface area contributed by atoms with Crippen molar-refractivity contribution in [2.75, 3.05) is 4.90 Å². The molecule has 1 heterocycles. The third-order valence-corrected chi connectivity index (χ3v) is 8.13. The first-order valence-electron chi connectivity index (χ1n) is 12.6. The summed E-state index contributed by atoms with van der Waals surface area (Å²) in [7, 11) is 0. The molecule has 0 aromatic heterocycles. The van der Waals surface area contributed by atoms with Crippen LogP contribution in [0.15, 0.2) is 103 Å². The first-order chi connectivity index (χ1) is 18.1. The van der Waals surface area contributed by atoms with Crippen molar-refractivity contribution in [1.82, 2.24) is 5.32 Å². The smallest absolute Gasteiger partial charge is 0.251 e. The van der Waals surface area contributed by atoms with E-state index in [4.69, 9.17) is 0 Å². The molecule has 1 saturated heterocycles. The van der Waals surface area contributed by atoms with Crippen LogP contribution in [-0.4, -0.2) is 17.7 Å². The maximum Gasteiger partial charge on any atom is 0.251 e. The molecule has 3 aliphatic carbocycles. The fourth-order valence-corrected chi connectivity index (χ4v) is 6.57. The molecule has 180 valence electrons. The van der Waals surface area contributed by atoms with Gasteiger partial charge in [0.25, 0.3) is 5.91 Å². The van der Waals surface area contributed by atoms with Gasteiger partial charge in [-0.3, -0.25) is 14.4 Å². The van der Waals surface area contributed by atoms with Gasteiger partial charge in [0, 0.05) is 23.9 Å². The van der Waals surface area contributed by atoms with Crippen LogP contribution in [0.25, 0.3) is 0 Å². The Morgan fingerprint density at radius 3 is 1.57 bits per heavy atom. The molecule has 1 fully saturated rings. The Labute approximate surface area is 214 Å². The van der Waals surface area contributed by atoms with Gasteiger partial charge in [0.2, 0.25) is 11.8 Å². The number of benzene rings is 4. The van der Waals surface area contributed by atoms with E-state index in [2.05, 4.69) is 29.6 Å². The van der Waals surface area contributed by atoms with Crippen LogP contribution in [0.1, 0.15) is 50.0 Å². The second kappa shape index (κ2) is 8.27. The Bertz CT molecular complexity index is 1450. The summed E-state index contributed by atoms with van der Waals surface area (Å²) in [5.74, 6) is -1.62. The first kappa shape index (κ1) is 21.7. The highest BCUT2D eigenvalue weighted by molar-refractivity contribution is 6.23. The van der Waals surface area contributed by atoms with E-state index in [-0.39, 0.29) is 29.6 Å². The quantitative estimate of drug-likeness (QED) is 0.414. The zero-order valence-corrected chi connectivity index (χ0v) is 20.0. The average molecular weight is 485 g/mol. The number of nitrogens with one attached hydrogen (secondary N) is 1. The van der Waals surface area contributed by atoms with Crippen LogP contribution in [0, 0.1) is 11.8 Å². The van der Waals surface area contributed by atoms with E-state index in [1.165, 1.54) is 4.90 Å². The molecule has 3 amide bonds. The minimum absolute atomic E-state index is 0.133. The van der Waals surface area contributed by atoms with Crippen LogP contribution in [-0.2, 0) is 16.1 Å². The van der Waals surface area contributed by atoms with Crippen molar-refractivity contribution >= 4 is 23.4 Å². The lowest BCUT2D eigenvalue weighted by atomic mass is 9.55. The molecule has 2 atom stereocenters. The van der Waals surface area contributed by atoms with Gasteiger partial charge in [0.05, 0.1) is 17.5 Å². The lowest BCUT2D eigenvalue weighted by molar-refractivity contribution is -0.122. The maximum atomic E-state index is 13.9. The number of anilines is 1. The summed E-state index contributed by atoms with van der Waals surface area (Å²) < 4.78 is 0. The number of imide groups is 1. The Morgan fingerprint density at radius 2 is 1.08 bits per heavy atom. The van der Waals surface area contributed by atoms with Crippen molar-refractivity contribution in [1.29, 1.82) is 0 Å². The highest BCUT2D eigenvalue weighted by atomic mass is 16.2. The van der Waals surface area contributed by atoms with Gasteiger partial charge in [0.15, 0.2) is 0 Å². The Morgan fingerprint density at radius 1 is 0.622 bits per heavy atom. The molecule has 0 spiro atoms. The topological polar surface area (TPSA) is 66.5 Å². The Balaban J connectivity index is 1.19. The third kappa shape index (κ3) is 3.20. The lowest BCUT2D eigenvalue weighted by Gasteiger charge is -2.45. The minimum Gasteiger partial charge on any atom is -0.348 e. The number of hydrogen-bond donors (Lipinski definition) is 1. The van der Waals surface area contributed by atoms with Crippen molar-refractivity contribution < 1.29 is 14.4 Å². The van der Waals surface area contributed by atoms with Crippen LogP contribution < -0.4 is 10.2 Å². The molecule has 0 saturated carbocycles. The van der Waals surface area contributed by atoms with Crippen LogP contribution in [0.5, 0.6) is 0 Å². The van der Waals surface area contributed by atoms with Crippen molar-refractivity contribution in [3.05, 3.63) is 137 Å². The molecule has 1 aliphatic heterocycles. The normalized spacial score (nSPS) is 22.9. The van der Waals surface area contributed by atoms with E-state index in [9.17, 15) is 14.4 Å². The molecule has 37 heavy (non-hydrogen) atoms. The Hall–Kier alpha value is -4.51. The third-order valence-electron chi connectivity index (χ3n) is 8.13. The predicted octanol–water partition coefficient (Wildman–Crippen LogP) is 5.01. The summed E-state index contributed by atoms with van der Waals surface area (Å²) in [5.41, 5.74) is 6.62. The van der Waals surface area contributed by atoms with E-state index >= 15 is 0 Å². The molecular weight excluding hydrogens is 460 g/mol. The maximum absolute atomic E-state index is 13.9. The molecule has 5 nitrogen and oxygen atoms in total. The molecule has 5 heteroatoms. The van der Waals surface area contributed by atoms with E-state index in [0.29, 0.717) is 17.8 Å². The number of carbonyl (C=O) groups excluding carboxylic acids is 3. The molecule has 4 aromatic rings. The highest BCUT2D eigenvalue weighted by Crippen LogP contribution is 2.61. The fourth-order valence-electron chi connectivity index (χ4n) is 6.57. The molecule has 1 N–H and O–H groups in total. The number of rotatable bonds is 4. The summed E-state index contributed by atoms with van der Waals surface area (Å²) in [6, 6.07) is 32.9. The van der Waals surface area contributed by atoms with Gasteiger partial charge in [-0.1, -0.05) is 78.9 Å². The molecule has 2 bridgehead atoms. The van der Waals surface area contributed by atoms with Crippen LogP contribution in [0.2, 0.25) is 0 Å². The van der Waals surface area contributed by atoms with Gasteiger partial charge in [-0.05, 0) is 52.1 Å². The molecule has 4 aromatic carbocycles. The van der Waals surface area contributed by atoms with Gasteiger partial charge in [-0.25, -0.2) is 4.90 Å². The van der Waals surface area contributed by atoms with E-state index in [1.54, 1.807) is 24.3 Å². The SMILES string of the molecule is O=C(NCc1ccccc1)c1ccc(N2C(=O)C3C4c5ccccc5C(c5ccccc54)C3C2=O)cc1. The van der Waals surface area contributed by atoms with Crippen LogP contribution in [0.3, 0.4) is 0 Å². The summed E-state index contributed by atoms with van der Waals surface area (Å²) in [5, 5.41) is 2.92. The van der Waals surface area contributed by atoms with Gasteiger partial charge in [-0.15, -0.1) is 0 Å². The Kier molecular flexibility index (Phi) is 4.86. The molecule has 4 aliphatic rings. The second-order valence-electron chi connectivity index (χ2n) is 9.99. The van der Waals surface area contributed by atoms with E-state index in [1.807, 2.05) is 54.6 Å². The van der Waals surface area contributed by atoms with Gasteiger partial charge in [-0.2, -0.15) is 0 Å². The van der Waals surface area contributed by atoms with Crippen molar-refractivity contribution in [2.45, 2.75) is 18.4 Å². The molecule has 8 rings (SSSR count). The summed E-state index contributed by atoms with van der Waals surface area (Å²) >= 11 is 0. The zero-order valence-electron chi connectivity index (χ0n) is 20.0. The summed E-state index contributed by atoms with van der Waals surface area (Å²) in [6.45, 7) is 0.428. The zero-order chi connectivity index (χ0) is 25.1. The number of amides is 3. The molecule has 0 radical (unpaired) electrons. The molecule has 2 unspecified atom stereocenters. The van der Waals surface area contributed by atoms with E-state index < -0.39 is 11.8 Å². The monoisotopic (exact) mass is 484 g/mol. The lowest BCUT2D eigenvalue weighted by Crippen LogP contribution is -2.41. The predicted molar refractivity (Wildman–Crippen MR) is 140 cm³/mol.